The molecule has 2 rings (SSSR count). The molecule has 0 N–H and O–H groups in total. The van der Waals surface area contributed by atoms with Crippen molar-refractivity contribution in [2.75, 3.05) is 6.61 Å². The van der Waals surface area contributed by atoms with Crippen molar-refractivity contribution in [1.82, 2.24) is 0 Å². The van der Waals surface area contributed by atoms with Crippen molar-refractivity contribution < 1.29 is 17.9 Å². The highest BCUT2D eigenvalue weighted by Crippen LogP contribution is 2.33. The van der Waals surface area contributed by atoms with E-state index in [1.165, 1.54) is 0 Å². The van der Waals surface area contributed by atoms with Gasteiger partial charge in [0.15, 0.2) is 6.10 Å². The van der Waals surface area contributed by atoms with Crippen LogP contribution in [0.1, 0.15) is 24.8 Å². The molecule has 4 heteroatoms. The molecule has 1 nitrogen and oxygen atoms in total. The van der Waals surface area contributed by atoms with E-state index in [0.29, 0.717) is 6.42 Å². The highest BCUT2D eigenvalue weighted by molar-refractivity contribution is 5.48. The smallest absolute Gasteiger partial charge is 0.364 e. The average Bonchev–Trinajstić information content (AvgIpc) is 2.48. The lowest BCUT2D eigenvalue weighted by molar-refractivity contribution is -0.229. The van der Waals surface area contributed by atoms with E-state index >= 15 is 0 Å². The summed E-state index contributed by atoms with van der Waals surface area (Å²) in [5, 5.41) is 0. The van der Waals surface area contributed by atoms with Gasteiger partial charge >= 0.3 is 6.18 Å². The predicted molar refractivity (Wildman–Crippen MR) is 77.8 cm³/mol. The maximum atomic E-state index is 13.1. The van der Waals surface area contributed by atoms with Crippen molar-refractivity contribution in [3.8, 4) is 0 Å². The molecule has 0 spiro atoms. The zero-order valence-corrected chi connectivity index (χ0v) is 11.7. The minimum Gasteiger partial charge on any atom is -0.364 e. The molecule has 0 radical (unpaired) electrons. The van der Waals surface area contributed by atoms with E-state index in [1.807, 2.05) is 36.4 Å². The third-order valence-corrected chi connectivity index (χ3v) is 3.48. The summed E-state index contributed by atoms with van der Waals surface area (Å²) in [6.07, 6.45) is 2.99. The van der Waals surface area contributed by atoms with E-state index in [4.69, 9.17) is 4.74 Å². The van der Waals surface area contributed by atoms with Crippen molar-refractivity contribution in [1.29, 1.82) is 0 Å². The Morgan fingerprint density at radius 1 is 1.24 bits per heavy atom. The maximum absolute atomic E-state index is 13.1. The van der Waals surface area contributed by atoms with Crippen LogP contribution in [-0.4, -0.2) is 18.9 Å². The second-order valence-electron chi connectivity index (χ2n) is 5.13. The van der Waals surface area contributed by atoms with Crippen LogP contribution in [0.25, 0.3) is 6.08 Å². The van der Waals surface area contributed by atoms with Gasteiger partial charge in [-0.2, -0.15) is 13.2 Å². The summed E-state index contributed by atoms with van der Waals surface area (Å²) in [5.74, 6) is -0.566. The third kappa shape index (κ3) is 5.05. The van der Waals surface area contributed by atoms with Gasteiger partial charge in [-0.1, -0.05) is 54.6 Å². The first-order chi connectivity index (χ1) is 10.1. The third-order valence-electron chi connectivity index (χ3n) is 3.48. The van der Waals surface area contributed by atoms with Gasteiger partial charge in [-0.05, 0) is 24.8 Å². The minimum atomic E-state index is -4.33. The van der Waals surface area contributed by atoms with Gasteiger partial charge in [0.25, 0.3) is 0 Å². The van der Waals surface area contributed by atoms with E-state index in [0.717, 1.165) is 18.4 Å². The Balaban J connectivity index is 1.92. The van der Waals surface area contributed by atoms with Crippen LogP contribution < -0.4 is 0 Å². The number of allylic oxidation sites excluding steroid dienone is 1. The summed E-state index contributed by atoms with van der Waals surface area (Å²) in [4.78, 5) is 0. The zero-order chi connectivity index (χ0) is 15.1. The van der Waals surface area contributed by atoms with Crippen LogP contribution in [0.5, 0.6) is 0 Å². The fourth-order valence-corrected chi connectivity index (χ4v) is 2.46. The molecular weight excluding hydrogens is 277 g/mol. The number of hydrogen-bond donors (Lipinski definition) is 0. The first-order valence-electron chi connectivity index (χ1n) is 7.14. The van der Waals surface area contributed by atoms with Gasteiger partial charge in [0.2, 0.25) is 0 Å². The monoisotopic (exact) mass is 296 g/mol. The SMILES string of the molecule is FC(F)(F)C(OC/C=C/c1ccccc1)C1C=CCCC1. The molecule has 2 unspecified atom stereocenters. The van der Waals surface area contributed by atoms with Crippen LogP contribution in [0.2, 0.25) is 0 Å². The Kier molecular flexibility index (Phi) is 5.62. The number of alkyl halides is 3. The van der Waals surface area contributed by atoms with Crippen molar-refractivity contribution in [2.45, 2.75) is 31.5 Å². The zero-order valence-electron chi connectivity index (χ0n) is 11.7. The number of benzene rings is 1. The Bertz CT molecular complexity index is 477. The molecule has 0 aromatic heterocycles. The number of rotatable bonds is 5. The van der Waals surface area contributed by atoms with E-state index in [1.54, 1.807) is 18.2 Å². The van der Waals surface area contributed by atoms with Crippen molar-refractivity contribution >= 4 is 6.08 Å². The van der Waals surface area contributed by atoms with E-state index < -0.39 is 18.2 Å². The van der Waals surface area contributed by atoms with Crippen LogP contribution in [0, 0.1) is 5.92 Å². The van der Waals surface area contributed by atoms with Gasteiger partial charge in [0.05, 0.1) is 6.61 Å². The summed E-state index contributed by atoms with van der Waals surface area (Å²) in [5.41, 5.74) is 0.947. The summed E-state index contributed by atoms with van der Waals surface area (Å²) in [7, 11) is 0. The quantitative estimate of drug-likeness (QED) is 0.694. The molecule has 0 saturated carbocycles. The first kappa shape index (κ1) is 15.8. The van der Waals surface area contributed by atoms with E-state index in [2.05, 4.69) is 0 Å². The fraction of sp³-hybridized carbons (Fsp3) is 0.412. The van der Waals surface area contributed by atoms with Gasteiger partial charge < -0.3 is 4.74 Å². The summed E-state index contributed by atoms with van der Waals surface area (Å²) in [6, 6.07) is 9.43. The molecule has 21 heavy (non-hydrogen) atoms. The van der Waals surface area contributed by atoms with Crippen molar-refractivity contribution in [2.24, 2.45) is 5.92 Å². The molecule has 0 bridgehead atoms. The Labute approximate surface area is 123 Å². The summed E-state index contributed by atoms with van der Waals surface area (Å²) in [6.45, 7) is -0.0383. The van der Waals surface area contributed by atoms with Crippen LogP contribution in [-0.2, 0) is 4.74 Å². The van der Waals surface area contributed by atoms with E-state index in [9.17, 15) is 13.2 Å². The average molecular weight is 296 g/mol. The van der Waals surface area contributed by atoms with Gasteiger partial charge in [-0.3, -0.25) is 0 Å². The molecule has 114 valence electrons. The first-order valence-corrected chi connectivity index (χ1v) is 7.14. The molecule has 0 fully saturated rings. The van der Waals surface area contributed by atoms with Crippen molar-refractivity contribution in [3.05, 3.63) is 54.1 Å². The predicted octanol–water partition coefficient (Wildman–Crippen LogP) is 5.00. The molecule has 0 saturated heterocycles. The Morgan fingerprint density at radius 2 is 2.00 bits per heavy atom. The summed E-state index contributed by atoms with van der Waals surface area (Å²) >= 11 is 0. The molecule has 1 aromatic rings. The van der Waals surface area contributed by atoms with Crippen molar-refractivity contribution in [3.63, 3.8) is 0 Å². The Morgan fingerprint density at radius 3 is 2.62 bits per heavy atom. The second-order valence-corrected chi connectivity index (χ2v) is 5.13. The molecule has 0 heterocycles. The van der Waals surface area contributed by atoms with Gasteiger partial charge in [-0.15, -0.1) is 0 Å². The largest absolute Gasteiger partial charge is 0.415 e. The molecule has 0 amide bonds. The Hall–Kier alpha value is -1.55. The second kappa shape index (κ2) is 7.46. The van der Waals surface area contributed by atoms with Gasteiger partial charge in [0.1, 0.15) is 0 Å². The molecule has 1 aromatic carbocycles. The van der Waals surface area contributed by atoms with Crippen LogP contribution in [0.4, 0.5) is 13.2 Å². The lowest BCUT2D eigenvalue weighted by Gasteiger charge is -2.28. The fourth-order valence-electron chi connectivity index (χ4n) is 2.46. The normalized spacial score (nSPS) is 20.8. The van der Waals surface area contributed by atoms with Gasteiger partial charge in [0, 0.05) is 5.92 Å². The highest BCUT2D eigenvalue weighted by Gasteiger charge is 2.44. The number of halogens is 3. The van der Waals surface area contributed by atoms with Crippen LogP contribution in [0.3, 0.4) is 0 Å². The molecule has 1 aliphatic rings. The molecular formula is C17H19F3O. The topological polar surface area (TPSA) is 9.23 Å². The molecule has 2 atom stereocenters. The highest BCUT2D eigenvalue weighted by atomic mass is 19.4. The van der Waals surface area contributed by atoms with Crippen LogP contribution in [0.15, 0.2) is 48.6 Å². The standard InChI is InChI=1S/C17H19F3O/c18-17(19,20)16(15-11-5-2-6-12-15)21-13-7-10-14-8-3-1-4-9-14/h1,3-5,7-11,15-16H,2,6,12-13H2/b10-7+. The lowest BCUT2D eigenvalue weighted by Crippen LogP contribution is -2.38. The number of ether oxygens (including phenoxy) is 1. The minimum absolute atomic E-state index is 0.0383. The van der Waals surface area contributed by atoms with Gasteiger partial charge in [-0.25, -0.2) is 0 Å². The summed E-state index contributed by atoms with van der Waals surface area (Å²) < 4.78 is 44.3. The molecule has 0 aliphatic heterocycles. The molecule has 1 aliphatic carbocycles. The number of hydrogen-bond acceptors (Lipinski definition) is 1. The maximum Gasteiger partial charge on any atom is 0.415 e. The van der Waals surface area contributed by atoms with Crippen LogP contribution >= 0.6 is 0 Å². The lowest BCUT2D eigenvalue weighted by atomic mass is 9.90. The van der Waals surface area contributed by atoms with E-state index in [-0.39, 0.29) is 6.61 Å².